The van der Waals surface area contributed by atoms with Crippen LogP contribution in [0, 0.1) is 0 Å². The van der Waals surface area contributed by atoms with Crippen molar-refractivity contribution in [1.29, 1.82) is 0 Å². The summed E-state index contributed by atoms with van der Waals surface area (Å²) in [6.07, 6.45) is 0. The summed E-state index contributed by atoms with van der Waals surface area (Å²) in [5.74, 6) is 1.09. The number of hydrogen-bond acceptors (Lipinski definition) is 6. The van der Waals surface area contributed by atoms with Crippen LogP contribution in [0.1, 0.15) is 34.6 Å². The minimum atomic E-state index is -0.265. The molecule has 1 aromatic heterocycles. The van der Waals surface area contributed by atoms with E-state index in [1.165, 1.54) is 0 Å². The Labute approximate surface area is 124 Å². The fraction of sp³-hybridized carbons (Fsp3) is 0.769. The van der Waals surface area contributed by atoms with E-state index in [1.807, 2.05) is 6.92 Å². The second-order valence-electron chi connectivity index (χ2n) is 6.24. The van der Waals surface area contributed by atoms with Crippen LogP contribution >= 0.6 is 11.6 Å². The summed E-state index contributed by atoms with van der Waals surface area (Å²) in [5, 5.41) is 3.27. The second-order valence-corrected chi connectivity index (χ2v) is 6.57. The molecule has 6 nitrogen and oxygen atoms in total. The van der Waals surface area contributed by atoms with Gasteiger partial charge in [-0.15, -0.1) is 0 Å². The Kier molecular flexibility index (Phi) is 4.07. The molecule has 2 rings (SSSR count). The number of nitrogens with zero attached hydrogens (tertiary/aromatic N) is 4. The molecule has 1 saturated heterocycles. The van der Waals surface area contributed by atoms with Gasteiger partial charge in [0.15, 0.2) is 0 Å². The van der Waals surface area contributed by atoms with Gasteiger partial charge in [-0.05, 0) is 46.2 Å². The molecule has 1 fully saturated rings. The number of aromatic nitrogens is 3. The summed E-state index contributed by atoms with van der Waals surface area (Å²) in [7, 11) is 0. The van der Waals surface area contributed by atoms with Crippen molar-refractivity contribution in [2.24, 2.45) is 0 Å². The van der Waals surface area contributed by atoms with Crippen molar-refractivity contribution in [3.8, 4) is 0 Å². The predicted octanol–water partition coefficient (Wildman–Crippen LogP) is 2.35. The summed E-state index contributed by atoms with van der Waals surface area (Å²) in [4.78, 5) is 14.8. The topological polar surface area (TPSA) is 63.2 Å². The van der Waals surface area contributed by atoms with Gasteiger partial charge in [0.05, 0.1) is 11.2 Å². The van der Waals surface area contributed by atoms with Crippen molar-refractivity contribution in [2.45, 2.75) is 45.8 Å². The summed E-state index contributed by atoms with van der Waals surface area (Å²) in [6.45, 7) is 12.4. The van der Waals surface area contributed by atoms with Gasteiger partial charge in [-0.2, -0.15) is 15.0 Å². The average molecular weight is 300 g/mol. The van der Waals surface area contributed by atoms with Crippen molar-refractivity contribution < 1.29 is 4.74 Å². The average Bonchev–Trinajstić information content (AvgIpc) is 2.24. The molecule has 0 radical (unpaired) electrons. The fourth-order valence-electron chi connectivity index (χ4n) is 2.65. The van der Waals surface area contributed by atoms with E-state index in [4.69, 9.17) is 16.3 Å². The molecule has 2 heterocycles. The predicted molar refractivity (Wildman–Crippen MR) is 80.5 cm³/mol. The molecule has 0 saturated carbocycles. The number of anilines is 2. The zero-order valence-corrected chi connectivity index (χ0v) is 13.5. The van der Waals surface area contributed by atoms with Crippen LogP contribution in [0.25, 0.3) is 0 Å². The van der Waals surface area contributed by atoms with E-state index in [2.05, 4.69) is 52.9 Å². The Balaban J connectivity index is 2.30. The Morgan fingerprint density at radius 2 is 1.75 bits per heavy atom. The van der Waals surface area contributed by atoms with Crippen molar-refractivity contribution in [3.05, 3.63) is 5.28 Å². The van der Waals surface area contributed by atoms with E-state index in [0.29, 0.717) is 25.0 Å². The number of morpholine rings is 1. The number of hydrogen-bond donors (Lipinski definition) is 1. The van der Waals surface area contributed by atoms with Crippen LogP contribution in [0.5, 0.6) is 0 Å². The van der Waals surface area contributed by atoms with Crippen LogP contribution in [0.3, 0.4) is 0 Å². The second kappa shape index (κ2) is 5.33. The molecule has 0 aliphatic carbocycles. The minimum Gasteiger partial charge on any atom is -0.366 e. The van der Waals surface area contributed by atoms with Gasteiger partial charge in [-0.1, -0.05) is 0 Å². The van der Waals surface area contributed by atoms with Crippen LogP contribution < -0.4 is 10.2 Å². The van der Waals surface area contributed by atoms with E-state index in [0.717, 1.165) is 6.54 Å². The van der Waals surface area contributed by atoms with E-state index in [9.17, 15) is 0 Å². The molecule has 112 valence electrons. The summed E-state index contributed by atoms with van der Waals surface area (Å²) < 4.78 is 6.06. The van der Waals surface area contributed by atoms with Crippen LogP contribution in [0.2, 0.25) is 5.28 Å². The van der Waals surface area contributed by atoms with Gasteiger partial charge in [-0.3, -0.25) is 0 Å². The highest BCUT2D eigenvalue weighted by Gasteiger charge is 2.39. The number of halogens is 1. The third-order valence-electron chi connectivity index (χ3n) is 2.91. The van der Waals surface area contributed by atoms with E-state index in [1.54, 1.807) is 0 Å². The van der Waals surface area contributed by atoms with Gasteiger partial charge in [0.2, 0.25) is 17.2 Å². The molecule has 0 unspecified atom stereocenters. The van der Waals surface area contributed by atoms with Crippen LogP contribution in [-0.2, 0) is 4.74 Å². The summed E-state index contributed by atoms with van der Waals surface area (Å²) in [6, 6.07) is 0. The number of ether oxygens (including phenoxy) is 1. The lowest BCUT2D eigenvalue weighted by molar-refractivity contribution is -0.133. The van der Waals surface area contributed by atoms with Crippen molar-refractivity contribution in [1.82, 2.24) is 15.0 Å². The highest BCUT2D eigenvalue weighted by atomic mass is 35.5. The number of nitrogens with one attached hydrogen (secondary N) is 1. The SMILES string of the molecule is CCNc1nc(Cl)nc(N2CC(C)(C)OC(C)(C)C2)n1. The lowest BCUT2D eigenvalue weighted by Gasteiger charge is -2.47. The monoisotopic (exact) mass is 299 g/mol. The van der Waals surface area contributed by atoms with Gasteiger partial charge in [0, 0.05) is 19.6 Å². The van der Waals surface area contributed by atoms with E-state index in [-0.39, 0.29) is 16.5 Å². The number of rotatable bonds is 3. The molecule has 0 aromatic carbocycles. The molecule has 0 amide bonds. The van der Waals surface area contributed by atoms with E-state index >= 15 is 0 Å². The van der Waals surface area contributed by atoms with Crippen LogP contribution in [0.4, 0.5) is 11.9 Å². The molecular formula is C13H22ClN5O. The van der Waals surface area contributed by atoms with Gasteiger partial charge >= 0.3 is 0 Å². The molecule has 0 bridgehead atoms. The molecule has 1 aliphatic heterocycles. The van der Waals surface area contributed by atoms with Crippen molar-refractivity contribution in [3.63, 3.8) is 0 Å². The fourth-order valence-corrected chi connectivity index (χ4v) is 2.80. The molecule has 1 N–H and O–H groups in total. The largest absolute Gasteiger partial charge is 0.366 e. The van der Waals surface area contributed by atoms with Crippen molar-refractivity contribution in [2.75, 3.05) is 29.9 Å². The van der Waals surface area contributed by atoms with Crippen molar-refractivity contribution >= 4 is 23.5 Å². The molecule has 0 spiro atoms. The quantitative estimate of drug-likeness (QED) is 0.924. The first kappa shape index (κ1) is 15.3. The maximum atomic E-state index is 6.06. The minimum absolute atomic E-state index is 0.202. The molecule has 0 atom stereocenters. The molecule has 1 aromatic rings. The zero-order chi connectivity index (χ0) is 15.0. The zero-order valence-electron chi connectivity index (χ0n) is 12.7. The highest BCUT2D eigenvalue weighted by Crippen LogP contribution is 2.30. The Hall–Kier alpha value is -1.14. The Bertz CT molecular complexity index is 476. The van der Waals surface area contributed by atoms with Gasteiger partial charge < -0.3 is 15.0 Å². The summed E-state index contributed by atoms with van der Waals surface area (Å²) >= 11 is 5.99. The van der Waals surface area contributed by atoms with Crippen LogP contribution in [-0.4, -0.2) is 45.8 Å². The summed E-state index contributed by atoms with van der Waals surface area (Å²) in [5.41, 5.74) is -0.529. The third kappa shape index (κ3) is 3.70. The smallest absolute Gasteiger partial charge is 0.231 e. The maximum Gasteiger partial charge on any atom is 0.231 e. The normalized spacial score (nSPS) is 20.8. The first-order valence-corrected chi connectivity index (χ1v) is 7.19. The third-order valence-corrected chi connectivity index (χ3v) is 3.08. The Morgan fingerprint density at radius 1 is 1.15 bits per heavy atom. The van der Waals surface area contributed by atoms with Crippen LogP contribution in [0.15, 0.2) is 0 Å². The highest BCUT2D eigenvalue weighted by molar-refractivity contribution is 6.28. The maximum absolute atomic E-state index is 6.06. The molecule has 20 heavy (non-hydrogen) atoms. The standard InChI is InChI=1S/C13H22ClN5O/c1-6-15-10-16-9(14)17-11(18-10)19-7-12(2,3)20-13(4,5)8-19/h6-8H2,1-5H3,(H,15,16,17,18). The Morgan fingerprint density at radius 3 is 2.30 bits per heavy atom. The van der Waals surface area contributed by atoms with Gasteiger partial charge in [-0.25, -0.2) is 0 Å². The van der Waals surface area contributed by atoms with Gasteiger partial charge in [0.1, 0.15) is 0 Å². The lowest BCUT2D eigenvalue weighted by Crippen LogP contribution is -2.57. The van der Waals surface area contributed by atoms with E-state index < -0.39 is 0 Å². The van der Waals surface area contributed by atoms with Gasteiger partial charge in [0.25, 0.3) is 0 Å². The lowest BCUT2D eigenvalue weighted by atomic mass is 9.99. The molecule has 7 heteroatoms. The first-order chi connectivity index (χ1) is 9.21. The molecule has 1 aliphatic rings. The molecular weight excluding hydrogens is 278 g/mol. The first-order valence-electron chi connectivity index (χ1n) is 6.81.